The van der Waals surface area contributed by atoms with Crippen molar-refractivity contribution in [2.24, 2.45) is 0 Å². The monoisotopic (exact) mass is 283 g/mol. The van der Waals surface area contributed by atoms with Crippen LogP contribution in [0.5, 0.6) is 0 Å². The van der Waals surface area contributed by atoms with Gasteiger partial charge in [0.15, 0.2) is 0 Å². The van der Waals surface area contributed by atoms with Crippen molar-refractivity contribution in [3.63, 3.8) is 0 Å². The molecule has 0 bridgehead atoms. The van der Waals surface area contributed by atoms with Crippen LogP contribution in [0.2, 0.25) is 0 Å². The molecule has 21 heavy (non-hydrogen) atoms. The summed E-state index contributed by atoms with van der Waals surface area (Å²) in [4.78, 5) is 22.1. The smallest absolute Gasteiger partial charge is 0.314 e. The maximum Gasteiger partial charge on any atom is 0.314 e. The molecule has 1 fully saturated rings. The van der Waals surface area contributed by atoms with Crippen LogP contribution < -0.4 is 4.90 Å². The summed E-state index contributed by atoms with van der Waals surface area (Å²) in [5.41, 5.74) is 0.102. The lowest BCUT2D eigenvalue weighted by molar-refractivity contribution is -0.144. The average molecular weight is 283 g/mol. The van der Waals surface area contributed by atoms with Gasteiger partial charge in [-0.05, 0) is 24.5 Å². The Balaban J connectivity index is 1.83. The molecule has 5 nitrogen and oxygen atoms in total. The Morgan fingerprint density at radius 1 is 1.14 bits per heavy atom. The van der Waals surface area contributed by atoms with E-state index in [0.29, 0.717) is 25.9 Å². The molecule has 0 saturated carbocycles. The SMILES string of the molecule is O=C(O)C1(c2ccccc2)CCN(c2ccncn2)CC1. The third-order valence-corrected chi connectivity index (χ3v) is 4.24. The highest BCUT2D eigenvalue weighted by Gasteiger charge is 2.43. The largest absolute Gasteiger partial charge is 0.481 e. The van der Waals surface area contributed by atoms with E-state index in [4.69, 9.17) is 0 Å². The van der Waals surface area contributed by atoms with E-state index in [-0.39, 0.29) is 0 Å². The Bertz CT molecular complexity index is 608. The van der Waals surface area contributed by atoms with Crippen LogP contribution in [0.25, 0.3) is 0 Å². The minimum atomic E-state index is -0.787. The van der Waals surface area contributed by atoms with Gasteiger partial charge >= 0.3 is 5.97 Å². The third kappa shape index (κ3) is 2.46. The molecule has 5 heteroatoms. The van der Waals surface area contributed by atoms with E-state index in [2.05, 4.69) is 14.9 Å². The molecule has 0 unspecified atom stereocenters. The molecule has 1 aliphatic heterocycles. The molecule has 0 spiro atoms. The summed E-state index contributed by atoms with van der Waals surface area (Å²) in [6, 6.07) is 11.4. The fourth-order valence-corrected chi connectivity index (χ4v) is 2.97. The molecule has 0 radical (unpaired) electrons. The number of piperidine rings is 1. The van der Waals surface area contributed by atoms with Crippen LogP contribution in [0.1, 0.15) is 18.4 Å². The molecule has 1 saturated heterocycles. The van der Waals surface area contributed by atoms with Crippen molar-refractivity contribution in [1.82, 2.24) is 9.97 Å². The highest BCUT2D eigenvalue weighted by Crippen LogP contribution is 2.36. The van der Waals surface area contributed by atoms with Crippen LogP contribution in [-0.4, -0.2) is 34.1 Å². The van der Waals surface area contributed by atoms with Crippen LogP contribution in [0.15, 0.2) is 48.9 Å². The van der Waals surface area contributed by atoms with E-state index in [1.54, 1.807) is 6.20 Å². The lowest BCUT2D eigenvalue weighted by Crippen LogP contribution is -2.47. The fraction of sp³-hybridized carbons (Fsp3) is 0.312. The Morgan fingerprint density at radius 2 is 1.86 bits per heavy atom. The van der Waals surface area contributed by atoms with Crippen molar-refractivity contribution >= 4 is 11.8 Å². The minimum Gasteiger partial charge on any atom is -0.481 e. The summed E-state index contributed by atoms with van der Waals surface area (Å²) >= 11 is 0. The molecule has 1 N–H and O–H groups in total. The first-order valence-corrected chi connectivity index (χ1v) is 7.02. The second-order valence-corrected chi connectivity index (χ2v) is 5.31. The summed E-state index contributed by atoms with van der Waals surface area (Å²) in [6.45, 7) is 1.36. The number of carbonyl (C=O) groups is 1. The van der Waals surface area contributed by atoms with E-state index in [0.717, 1.165) is 11.4 Å². The number of hydrogen-bond acceptors (Lipinski definition) is 4. The quantitative estimate of drug-likeness (QED) is 0.934. The molecular weight excluding hydrogens is 266 g/mol. The topological polar surface area (TPSA) is 66.3 Å². The van der Waals surface area contributed by atoms with E-state index in [1.807, 2.05) is 36.4 Å². The van der Waals surface area contributed by atoms with Crippen LogP contribution in [0.4, 0.5) is 5.82 Å². The molecule has 2 heterocycles. The number of aliphatic carboxylic acids is 1. The van der Waals surface area contributed by atoms with Crippen molar-refractivity contribution in [3.05, 3.63) is 54.5 Å². The van der Waals surface area contributed by atoms with Gasteiger partial charge in [0, 0.05) is 19.3 Å². The molecule has 1 aromatic carbocycles. The van der Waals surface area contributed by atoms with Gasteiger partial charge in [-0.3, -0.25) is 4.79 Å². The summed E-state index contributed by atoms with van der Waals surface area (Å²) in [5, 5.41) is 9.75. The number of nitrogens with zero attached hydrogens (tertiary/aromatic N) is 3. The van der Waals surface area contributed by atoms with Gasteiger partial charge in [-0.25, -0.2) is 9.97 Å². The van der Waals surface area contributed by atoms with Crippen LogP contribution in [0, 0.1) is 0 Å². The molecule has 0 amide bonds. The molecule has 0 aliphatic carbocycles. The van der Waals surface area contributed by atoms with Gasteiger partial charge in [0.05, 0.1) is 5.41 Å². The van der Waals surface area contributed by atoms with E-state index >= 15 is 0 Å². The maximum absolute atomic E-state index is 11.9. The van der Waals surface area contributed by atoms with Crippen LogP contribution >= 0.6 is 0 Å². The lowest BCUT2D eigenvalue weighted by atomic mass is 9.73. The first-order valence-electron chi connectivity index (χ1n) is 7.02. The fourth-order valence-electron chi connectivity index (χ4n) is 2.97. The van der Waals surface area contributed by atoms with Crippen LogP contribution in [-0.2, 0) is 10.2 Å². The second kappa shape index (κ2) is 5.52. The van der Waals surface area contributed by atoms with Gasteiger partial charge in [-0.15, -0.1) is 0 Å². The van der Waals surface area contributed by atoms with Crippen molar-refractivity contribution < 1.29 is 9.90 Å². The highest BCUT2D eigenvalue weighted by atomic mass is 16.4. The average Bonchev–Trinajstić information content (AvgIpc) is 2.56. The predicted molar refractivity (Wildman–Crippen MR) is 79.2 cm³/mol. The Hall–Kier alpha value is -2.43. The Morgan fingerprint density at radius 3 is 2.43 bits per heavy atom. The zero-order valence-electron chi connectivity index (χ0n) is 11.6. The number of carboxylic acids is 1. The summed E-state index contributed by atoms with van der Waals surface area (Å²) < 4.78 is 0. The van der Waals surface area contributed by atoms with Gasteiger partial charge in [0.25, 0.3) is 0 Å². The van der Waals surface area contributed by atoms with Gasteiger partial charge in [0.1, 0.15) is 12.1 Å². The number of rotatable bonds is 3. The normalized spacial score (nSPS) is 17.4. The van der Waals surface area contributed by atoms with Gasteiger partial charge < -0.3 is 10.0 Å². The second-order valence-electron chi connectivity index (χ2n) is 5.31. The van der Waals surface area contributed by atoms with Gasteiger partial charge in [-0.2, -0.15) is 0 Å². The lowest BCUT2D eigenvalue weighted by Gasteiger charge is -2.39. The minimum absolute atomic E-state index is 0.580. The van der Waals surface area contributed by atoms with Crippen molar-refractivity contribution in [2.45, 2.75) is 18.3 Å². The summed E-state index contributed by atoms with van der Waals surface area (Å²) in [5.74, 6) is 0.119. The van der Waals surface area contributed by atoms with Gasteiger partial charge in [0.2, 0.25) is 0 Å². The maximum atomic E-state index is 11.9. The number of anilines is 1. The van der Waals surface area contributed by atoms with E-state index in [1.165, 1.54) is 6.33 Å². The molecule has 1 aromatic heterocycles. The van der Waals surface area contributed by atoms with Crippen molar-refractivity contribution in [3.8, 4) is 0 Å². The molecule has 2 aromatic rings. The summed E-state index contributed by atoms with van der Waals surface area (Å²) in [7, 11) is 0. The Kier molecular flexibility index (Phi) is 3.56. The molecule has 0 atom stereocenters. The molecule has 108 valence electrons. The Labute approximate surface area is 123 Å². The number of aromatic nitrogens is 2. The standard InChI is InChI=1S/C16H17N3O2/c20-15(21)16(13-4-2-1-3-5-13)7-10-19(11-8-16)14-6-9-17-12-18-14/h1-6,9,12H,7-8,10-11H2,(H,20,21). The first-order chi connectivity index (χ1) is 10.2. The first kappa shape index (κ1) is 13.5. The van der Waals surface area contributed by atoms with Crippen LogP contribution in [0.3, 0.4) is 0 Å². The number of benzene rings is 1. The molecule has 3 rings (SSSR count). The summed E-state index contributed by atoms with van der Waals surface area (Å²) in [6.07, 6.45) is 4.39. The highest BCUT2D eigenvalue weighted by molar-refractivity contribution is 5.82. The third-order valence-electron chi connectivity index (χ3n) is 4.24. The van der Waals surface area contributed by atoms with E-state index < -0.39 is 11.4 Å². The molecular formula is C16H17N3O2. The van der Waals surface area contributed by atoms with E-state index in [9.17, 15) is 9.90 Å². The van der Waals surface area contributed by atoms with Gasteiger partial charge in [-0.1, -0.05) is 30.3 Å². The predicted octanol–water partition coefficient (Wildman–Crippen LogP) is 2.10. The van der Waals surface area contributed by atoms with Crippen molar-refractivity contribution in [2.75, 3.05) is 18.0 Å². The zero-order valence-corrected chi connectivity index (χ0v) is 11.6. The molecule has 1 aliphatic rings. The number of carboxylic acid groups (broad SMARTS) is 1. The zero-order chi connectivity index (χ0) is 14.7. The van der Waals surface area contributed by atoms with Crippen molar-refractivity contribution in [1.29, 1.82) is 0 Å². The number of hydrogen-bond donors (Lipinski definition) is 1.